The molecule has 0 aromatic carbocycles. The van der Waals surface area contributed by atoms with E-state index in [0.29, 0.717) is 12.3 Å². The number of esters is 1. The lowest BCUT2D eigenvalue weighted by molar-refractivity contribution is -0.148. The van der Waals surface area contributed by atoms with Crippen LogP contribution in [-0.4, -0.2) is 28.8 Å². The lowest BCUT2D eigenvalue weighted by Crippen LogP contribution is -2.53. The number of carbonyl (C=O) groups is 2. The molecular weight excluding hydrogens is 330 g/mol. The van der Waals surface area contributed by atoms with Crippen LogP contribution in [0.1, 0.15) is 65.7 Å². The monoisotopic (exact) mass is 359 g/mol. The second kappa shape index (κ2) is 5.93. The summed E-state index contributed by atoms with van der Waals surface area (Å²) in [5.74, 6) is 0.660. The van der Waals surface area contributed by atoms with Crippen LogP contribution < -0.4 is 0 Å². The molecule has 0 heterocycles. The summed E-state index contributed by atoms with van der Waals surface area (Å²) in [5, 5.41) is 13.0. The van der Waals surface area contributed by atoms with E-state index in [1.807, 2.05) is 6.08 Å². The Morgan fingerprint density at radius 2 is 1.88 bits per heavy atom. The number of hydrogen-bond acceptors (Lipinski definition) is 5. The summed E-state index contributed by atoms with van der Waals surface area (Å²) in [5.41, 5.74) is 1.95. The van der Waals surface area contributed by atoms with Gasteiger partial charge in [0.15, 0.2) is 5.78 Å². The molecule has 0 amide bonds. The molecule has 0 unspecified atom stereocenters. The van der Waals surface area contributed by atoms with E-state index in [1.165, 1.54) is 12.5 Å². The molecule has 4 aliphatic carbocycles. The summed E-state index contributed by atoms with van der Waals surface area (Å²) in [4.78, 5) is 24.5. The van der Waals surface area contributed by atoms with Gasteiger partial charge in [-0.05, 0) is 61.9 Å². The van der Waals surface area contributed by atoms with Crippen molar-refractivity contribution in [3.63, 3.8) is 0 Å². The van der Waals surface area contributed by atoms with Gasteiger partial charge in [-0.2, -0.15) is 0 Å². The molecule has 5 heteroatoms. The summed E-state index contributed by atoms with van der Waals surface area (Å²) in [6.07, 6.45) is 8.04. The third kappa shape index (κ3) is 2.39. The highest BCUT2D eigenvalue weighted by molar-refractivity contribution is 5.98. The zero-order chi connectivity index (χ0) is 18.7. The van der Waals surface area contributed by atoms with Gasteiger partial charge in [-0.1, -0.05) is 24.6 Å². The molecule has 6 atom stereocenters. The van der Waals surface area contributed by atoms with Crippen LogP contribution in [0.2, 0.25) is 0 Å². The number of ketones is 1. The van der Waals surface area contributed by atoms with E-state index in [1.54, 1.807) is 0 Å². The van der Waals surface area contributed by atoms with Crippen molar-refractivity contribution < 1.29 is 19.5 Å². The molecule has 0 bridgehead atoms. The van der Waals surface area contributed by atoms with Crippen molar-refractivity contribution in [1.29, 1.82) is 0 Å². The topological polar surface area (TPSA) is 76.0 Å². The molecule has 4 rings (SSSR count). The van der Waals surface area contributed by atoms with Crippen LogP contribution in [0.15, 0.2) is 16.8 Å². The Hall–Kier alpha value is -1.65. The van der Waals surface area contributed by atoms with Crippen LogP contribution in [0.3, 0.4) is 0 Å². The van der Waals surface area contributed by atoms with Gasteiger partial charge >= 0.3 is 5.97 Å². The number of fused-ring (bicyclic) bond motifs is 5. The maximum absolute atomic E-state index is 13.1. The number of oxime groups is 1. The predicted octanol–water partition coefficient (Wildman–Crippen LogP) is 3.89. The van der Waals surface area contributed by atoms with Crippen molar-refractivity contribution in [2.45, 2.75) is 71.8 Å². The van der Waals surface area contributed by atoms with Crippen molar-refractivity contribution in [3.8, 4) is 0 Å². The summed E-state index contributed by atoms with van der Waals surface area (Å²) < 4.78 is 5.44. The minimum absolute atomic E-state index is 0.0235. The largest absolute Gasteiger partial charge is 0.462 e. The van der Waals surface area contributed by atoms with Crippen LogP contribution in [0.4, 0.5) is 0 Å². The zero-order valence-corrected chi connectivity index (χ0v) is 16.0. The highest BCUT2D eigenvalue weighted by Crippen LogP contribution is 2.63. The molecule has 0 aromatic heterocycles. The third-order valence-corrected chi connectivity index (χ3v) is 8.09. The van der Waals surface area contributed by atoms with Gasteiger partial charge in [0.05, 0.1) is 5.71 Å². The zero-order valence-electron chi connectivity index (χ0n) is 16.0. The quantitative estimate of drug-likeness (QED) is 0.438. The average Bonchev–Trinajstić information content (AvgIpc) is 2.92. The van der Waals surface area contributed by atoms with Crippen LogP contribution in [0.25, 0.3) is 0 Å². The molecule has 4 aliphatic rings. The minimum atomic E-state index is -0.241. The molecular formula is C21H29NO4. The Kier molecular flexibility index (Phi) is 4.05. The Labute approximate surface area is 154 Å². The lowest BCUT2D eigenvalue weighted by Gasteiger charge is -2.56. The van der Waals surface area contributed by atoms with Gasteiger partial charge in [0.1, 0.15) is 6.10 Å². The SMILES string of the molecule is CC(=O)O[C@H]1CC[C@@]2(C)C(=CC(=O)[C@@H]3[C@@H]2CC[C@]2(C)/C(=N/O)CC[C@@H]32)C1. The summed E-state index contributed by atoms with van der Waals surface area (Å²) in [6.45, 7) is 5.95. The van der Waals surface area contributed by atoms with Crippen molar-refractivity contribution in [1.82, 2.24) is 0 Å². The molecule has 0 saturated heterocycles. The van der Waals surface area contributed by atoms with Crippen molar-refractivity contribution in [2.75, 3.05) is 0 Å². The van der Waals surface area contributed by atoms with E-state index >= 15 is 0 Å². The Balaban J connectivity index is 1.66. The molecule has 0 aromatic rings. The number of ether oxygens (including phenoxy) is 1. The number of carbonyl (C=O) groups excluding carboxylic acids is 2. The molecule has 5 nitrogen and oxygen atoms in total. The molecule has 3 saturated carbocycles. The van der Waals surface area contributed by atoms with Gasteiger partial charge in [0.25, 0.3) is 0 Å². The van der Waals surface area contributed by atoms with Gasteiger partial charge in [-0.3, -0.25) is 9.59 Å². The standard InChI is InChI=1S/C21H29NO4/c1-12(23)26-14-6-8-20(2)13(10-14)11-17(24)19-15-4-5-18(22-25)21(15,3)9-7-16(19)20/h11,14-16,19,25H,4-10H2,1-3H3/b22-18+/t14-,15-,16-,19-,20-,21-/m0/s1. The second-order valence-electron chi connectivity index (χ2n) is 9.24. The van der Waals surface area contributed by atoms with E-state index in [-0.39, 0.29) is 40.5 Å². The van der Waals surface area contributed by atoms with E-state index in [4.69, 9.17) is 4.74 Å². The molecule has 0 aliphatic heterocycles. The summed E-state index contributed by atoms with van der Waals surface area (Å²) >= 11 is 0. The maximum Gasteiger partial charge on any atom is 0.302 e. The first-order valence-corrected chi connectivity index (χ1v) is 9.93. The van der Waals surface area contributed by atoms with Crippen LogP contribution >= 0.6 is 0 Å². The van der Waals surface area contributed by atoms with Crippen molar-refractivity contribution in [3.05, 3.63) is 11.6 Å². The normalized spacial score (nSPS) is 46.2. The first-order valence-electron chi connectivity index (χ1n) is 9.93. The van der Waals surface area contributed by atoms with Gasteiger partial charge < -0.3 is 9.94 Å². The Morgan fingerprint density at radius 1 is 1.19 bits per heavy atom. The van der Waals surface area contributed by atoms with Gasteiger partial charge in [0, 0.05) is 24.7 Å². The fourth-order valence-electron chi connectivity index (χ4n) is 6.66. The number of allylic oxidation sites excluding steroid dienone is 1. The lowest BCUT2D eigenvalue weighted by atomic mass is 9.47. The number of rotatable bonds is 1. The van der Waals surface area contributed by atoms with Gasteiger partial charge in [-0.15, -0.1) is 0 Å². The van der Waals surface area contributed by atoms with E-state index in [2.05, 4.69) is 19.0 Å². The molecule has 1 N–H and O–H groups in total. The van der Waals surface area contributed by atoms with E-state index in [9.17, 15) is 14.8 Å². The van der Waals surface area contributed by atoms with Crippen molar-refractivity contribution >= 4 is 17.5 Å². The first kappa shape index (κ1) is 17.7. The molecule has 0 radical (unpaired) electrons. The summed E-state index contributed by atoms with van der Waals surface area (Å²) in [7, 11) is 0. The molecule has 142 valence electrons. The smallest absolute Gasteiger partial charge is 0.302 e. The average molecular weight is 359 g/mol. The fraction of sp³-hybridized carbons (Fsp3) is 0.762. The Bertz CT molecular complexity index is 711. The highest BCUT2D eigenvalue weighted by atomic mass is 16.5. The molecule has 0 spiro atoms. The third-order valence-electron chi connectivity index (χ3n) is 8.09. The number of nitrogens with zero attached hydrogens (tertiary/aromatic N) is 1. The summed E-state index contributed by atoms with van der Waals surface area (Å²) in [6, 6.07) is 0. The highest BCUT2D eigenvalue weighted by Gasteiger charge is 2.60. The minimum Gasteiger partial charge on any atom is -0.462 e. The Morgan fingerprint density at radius 3 is 2.58 bits per heavy atom. The first-order chi connectivity index (χ1) is 12.3. The van der Waals surface area contributed by atoms with E-state index < -0.39 is 0 Å². The van der Waals surface area contributed by atoms with Crippen LogP contribution in [0.5, 0.6) is 0 Å². The van der Waals surface area contributed by atoms with Gasteiger partial charge in [-0.25, -0.2) is 0 Å². The van der Waals surface area contributed by atoms with Crippen LogP contribution in [0, 0.1) is 28.6 Å². The van der Waals surface area contributed by atoms with E-state index in [0.717, 1.165) is 44.2 Å². The predicted molar refractivity (Wildman–Crippen MR) is 96.9 cm³/mol. The molecule has 26 heavy (non-hydrogen) atoms. The molecule has 3 fully saturated rings. The maximum atomic E-state index is 13.1. The van der Waals surface area contributed by atoms with Crippen LogP contribution in [-0.2, 0) is 14.3 Å². The van der Waals surface area contributed by atoms with Gasteiger partial charge in [0.2, 0.25) is 0 Å². The fourth-order valence-corrected chi connectivity index (χ4v) is 6.66. The number of hydrogen-bond donors (Lipinski definition) is 1. The van der Waals surface area contributed by atoms with Crippen molar-refractivity contribution in [2.24, 2.45) is 33.7 Å². The second-order valence-corrected chi connectivity index (χ2v) is 9.24.